The number of halogens is 1. The zero-order chi connectivity index (χ0) is 20.4. The Labute approximate surface area is 165 Å². The molecule has 0 radical (unpaired) electrons. The van der Waals surface area contributed by atoms with Crippen molar-refractivity contribution in [1.29, 1.82) is 5.26 Å². The van der Waals surface area contributed by atoms with E-state index in [2.05, 4.69) is 10.3 Å². The standard InChI is InChI=1S/C22H14FN3O3/c1-28-17-4-2-3-15(10-17)21(27)26-22-25-19-11-14(6-8-20(19)29-22)13-5-7-18(23)16(9-13)12-24/h2-11H,1H3,(H,25,26,27). The second kappa shape index (κ2) is 7.44. The lowest BCUT2D eigenvalue weighted by Gasteiger charge is -2.03. The number of oxazole rings is 1. The van der Waals surface area contributed by atoms with Crippen molar-refractivity contribution < 1.29 is 18.3 Å². The van der Waals surface area contributed by atoms with Crippen LogP contribution in [-0.4, -0.2) is 18.0 Å². The third kappa shape index (κ3) is 3.64. The minimum Gasteiger partial charge on any atom is -0.497 e. The average molecular weight is 387 g/mol. The summed E-state index contributed by atoms with van der Waals surface area (Å²) in [5.74, 6) is -0.384. The number of aromatic nitrogens is 1. The molecule has 0 aliphatic heterocycles. The monoisotopic (exact) mass is 387 g/mol. The summed E-state index contributed by atoms with van der Waals surface area (Å²) in [5.41, 5.74) is 2.79. The van der Waals surface area contributed by atoms with Gasteiger partial charge in [-0.25, -0.2) is 4.39 Å². The third-order valence-electron chi connectivity index (χ3n) is 4.36. The Morgan fingerprint density at radius 1 is 1.14 bits per heavy atom. The van der Waals surface area contributed by atoms with Crippen LogP contribution >= 0.6 is 0 Å². The Morgan fingerprint density at radius 3 is 2.72 bits per heavy atom. The molecule has 0 bridgehead atoms. The number of benzene rings is 3. The van der Waals surface area contributed by atoms with Crippen LogP contribution in [0.15, 0.2) is 65.1 Å². The van der Waals surface area contributed by atoms with Gasteiger partial charge >= 0.3 is 6.01 Å². The van der Waals surface area contributed by atoms with E-state index in [1.165, 1.54) is 19.2 Å². The number of ether oxygens (including phenoxy) is 1. The van der Waals surface area contributed by atoms with Gasteiger partial charge < -0.3 is 9.15 Å². The highest BCUT2D eigenvalue weighted by Crippen LogP contribution is 2.27. The number of carbonyl (C=O) groups is 1. The summed E-state index contributed by atoms with van der Waals surface area (Å²) in [7, 11) is 1.52. The predicted octanol–water partition coefficient (Wildman–Crippen LogP) is 4.77. The van der Waals surface area contributed by atoms with Crippen LogP contribution in [0.5, 0.6) is 5.75 Å². The van der Waals surface area contributed by atoms with Crippen molar-refractivity contribution in [3.63, 3.8) is 0 Å². The minimum atomic E-state index is -0.568. The fourth-order valence-corrected chi connectivity index (χ4v) is 2.88. The zero-order valence-electron chi connectivity index (χ0n) is 15.3. The number of nitriles is 1. The molecule has 142 valence electrons. The van der Waals surface area contributed by atoms with Gasteiger partial charge in [0.2, 0.25) is 0 Å². The Hall–Kier alpha value is -4.18. The SMILES string of the molecule is COc1cccc(C(=O)Nc2nc3cc(-c4ccc(F)c(C#N)c4)ccc3o2)c1. The van der Waals surface area contributed by atoms with Crippen molar-refractivity contribution in [3.05, 3.63) is 77.6 Å². The van der Waals surface area contributed by atoms with Crippen molar-refractivity contribution in [2.75, 3.05) is 12.4 Å². The van der Waals surface area contributed by atoms with Crippen LogP contribution in [0.1, 0.15) is 15.9 Å². The van der Waals surface area contributed by atoms with E-state index in [4.69, 9.17) is 14.4 Å². The van der Waals surface area contributed by atoms with Gasteiger partial charge in [-0.1, -0.05) is 18.2 Å². The molecular weight excluding hydrogens is 373 g/mol. The van der Waals surface area contributed by atoms with Gasteiger partial charge in [-0.15, -0.1) is 0 Å². The fourth-order valence-electron chi connectivity index (χ4n) is 2.88. The minimum absolute atomic E-state index is 0.0333. The number of nitrogens with one attached hydrogen (secondary N) is 1. The number of hydrogen-bond donors (Lipinski definition) is 1. The first kappa shape index (κ1) is 18.2. The van der Waals surface area contributed by atoms with Crippen molar-refractivity contribution in [2.45, 2.75) is 0 Å². The second-order valence-corrected chi connectivity index (χ2v) is 6.19. The van der Waals surface area contributed by atoms with Crippen LogP contribution in [0.2, 0.25) is 0 Å². The molecule has 1 heterocycles. The number of fused-ring (bicyclic) bond motifs is 1. The lowest BCUT2D eigenvalue weighted by molar-refractivity contribution is 0.102. The number of methoxy groups -OCH3 is 1. The molecule has 0 spiro atoms. The molecule has 0 unspecified atom stereocenters. The van der Waals surface area contributed by atoms with E-state index in [9.17, 15) is 9.18 Å². The number of anilines is 1. The fraction of sp³-hybridized carbons (Fsp3) is 0.0455. The van der Waals surface area contributed by atoms with Crippen molar-refractivity contribution in [2.24, 2.45) is 0 Å². The van der Waals surface area contributed by atoms with Gasteiger partial charge in [0.15, 0.2) is 5.58 Å². The van der Waals surface area contributed by atoms with E-state index >= 15 is 0 Å². The molecule has 29 heavy (non-hydrogen) atoms. The van der Waals surface area contributed by atoms with Crippen molar-refractivity contribution in [1.82, 2.24) is 4.98 Å². The number of hydrogen-bond acceptors (Lipinski definition) is 5. The number of rotatable bonds is 4. The lowest BCUT2D eigenvalue weighted by Crippen LogP contribution is -2.12. The Kier molecular flexibility index (Phi) is 4.67. The number of carbonyl (C=O) groups excluding carboxylic acids is 1. The van der Waals surface area contributed by atoms with Crippen LogP contribution in [0.4, 0.5) is 10.4 Å². The summed E-state index contributed by atoms with van der Waals surface area (Å²) in [6, 6.07) is 18.1. The van der Waals surface area contributed by atoms with E-state index in [0.717, 1.165) is 5.56 Å². The summed E-state index contributed by atoms with van der Waals surface area (Å²) < 4.78 is 24.3. The molecule has 0 aliphatic rings. The van der Waals surface area contributed by atoms with Crippen molar-refractivity contribution in [3.8, 4) is 22.9 Å². The van der Waals surface area contributed by atoms with Crippen molar-refractivity contribution >= 4 is 23.0 Å². The van der Waals surface area contributed by atoms with Gasteiger partial charge in [0.05, 0.1) is 12.7 Å². The molecule has 7 heteroatoms. The first-order valence-corrected chi connectivity index (χ1v) is 8.63. The maximum absolute atomic E-state index is 13.6. The molecule has 0 saturated heterocycles. The lowest BCUT2D eigenvalue weighted by atomic mass is 10.0. The Balaban J connectivity index is 1.62. The topological polar surface area (TPSA) is 88.1 Å². The second-order valence-electron chi connectivity index (χ2n) is 6.19. The first-order chi connectivity index (χ1) is 14.1. The van der Waals surface area contributed by atoms with Gasteiger partial charge in [0.1, 0.15) is 23.2 Å². The van der Waals surface area contributed by atoms with Gasteiger partial charge in [0.25, 0.3) is 5.91 Å². The number of nitrogens with zero attached hydrogens (tertiary/aromatic N) is 2. The van der Waals surface area contributed by atoms with E-state index in [0.29, 0.717) is 28.0 Å². The molecule has 1 amide bonds. The molecule has 1 aromatic heterocycles. The maximum atomic E-state index is 13.6. The highest BCUT2D eigenvalue weighted by Gasteiger charge is 2.13. The normalized spacial score (nSPS) is 10.5. The van der Waals surface area contributed by atoms with Crippen LogP contribution in [0.3, 0.4) is 0 Å². The maximum Gasteiger partial charge on any atom is 0.302 e. The van der Waals surface area contributed by atoms with Gasteiger partial charge in [0, 0.05) is 5.56 Å². The summed E-state index contributed by atoms with van der Waals surface area (Å²) in [5, 5.41) is 11.6. The van der Waals surface area contributed by atoms with Gasteiger partial charge in [-0.3, -0.25) is 10.1 Å². The summed E-state index contributed by atoms with van der Waals surface area (Å²) in [6.45, 7) is 0. The molecule has 4 aromatic rings. The Morgan fingerprint density at radius 2 is 1.93 bits per heavy atom. The Bertz CT molecular complexity index is 1270. The first-order valence-electron chi connectivity index (χ1n) is 8.63. The molecule has 0 atom stereocenters. The highest BCUT2D eigenvalue weighted by molar-refractivity contribution is 6.03. The van der Waals surface area contributed by atoms with E-state index in [1.54, 1.807) is 48.5 Å². The summed E-state index contributed by atoms with van der Waals surface area (Å²) in [6.07, 6.45) is 0. The quantitative estimate of drug-likeness (QED) is 0.545. The van der Waals surface area contributed by atoms with Crippen LogP contribution in [-0.2, 0) is 0 Å². The van der Waals surface area contributed by atoms with E-state index in [-0.39, 0.29) is 17.5 Å². The van der Waals surface area contributed by atoms with Gasteiger partial charge in [-0.05, 0) is 53.6 Å². The predicted molar refractivity (Wildman–Crippen MR) is 105 cm³/mol. The average Bonchev–Trinajstić information content (AvgIpc) is 3.15. The van der Waals surface area contributed by atoms with Gasteiger partial charge in [-0.2, -0.15) is 10.2 Å². The molecule has 0 saturated carbocycles. The van der Waals surface area contributed by atoms with E-state index < -0.39 is 5.82 Å². The van der Waals surface area contributed by atoms with Crippen LogP contribution in [0, 0.1) is 17.1 Å². The summed E-state index contributed by atoms with van der Waals surface area (Å²) in [4.78, 5) is 16.7. The smallest absolute Gasteiger partial charge is 0.302 e. The summed E-state index contributed by atoms with van der Waals surface area (Å²) >= 11 is 0. The molecule has 0 aliphatic carbocycles. The van der Waals surface area contributed by atoms with Crippen LogP contribution < -0.4 is 10.1 Å². The number of amides is 1. The molecule has 4 rings (SSSR count). The highest BCUT2D eigenvalue weighted by atomic mass is 19.1. The molecule has 3 aromatic carbocycles. The van der Waals surface area contributed by atoms with E-state index in [1.807, 2.05) is 6.07 Å². The third-order valence-corrected chi connectivity index (χ3v) is 4.36. The molecule has 6 nitrogen and oxygen atoms in total. The molecule has 1 N–H and O–H groups in total. The van der Waals surface area contributed by atoms with Crippen LogP contribution in [0.25, 0.3) is 22.2 Å². The largest absolute Gasteiger partial charge is 0.497 e. The molecular formula is C22H14FN3O3. The zero-order valence-corrected chi connectivity index (χ0v) is 15.3. The molecule has 0 fully saturated rings.